The van der Waals surface area contributed by atoms with E-state index >= 15 is 0 Å². The van der Waals surface area contributed by atoms with Crippen LogP contribution in [0.4, 0.5) is 5.82 Å². The van der Waals surface area contributed by atoms with Crippen LogP contribution in [0.1, 0.15) is 32.1 Å². The van der Waals surface area contributed by atoms with Crippen molar-refractivity contribution in [2.45, 2.75) is 32.1 Å². The van der Waals surface area contributed by atoms with Crippen LogP contribution in [0.5, 0.6) is 0 Å². The third-order valence-electron chi connectivity index (χ3n) is 6.31. The Kier molecular flexibility index (Phi) is 3.60. The summed E-state index contributed by atoms with van der Waals surface area (Å²) in [5.74, 6) is 5.67. The molecule has 4 fully saturated rings. The van der Waals surface area contributed by atoms with Crippen molar-refractivity contribution in [3.63, 3.8) is 0 Å². The summed E-state index contributed by atoms with van der Waals surface area (Å²) in [5, 5.41) is 4.48. The first-order chi connectivity index (χ1) is 10.5. The van der Waals surface area contributed by atoms with Gasteiger partial charge < -0.3 is 9.88 Å². The minimum absolute atomic E-state index is 0.827. The zero-order valence-corrected chi connectivity index (χ0v) is 14.6. The Morgan fingerprint density at radius 1 is 1.14 bits per heavy atom. The molecule has 120 valence electrons. The first kappa shape index (κ1) is 14.8. The second kappa shape index (κ2) is 5.37. The number of aromatic nitrogens is 1. The van der Waals surface area contributed by atoms with Crippen molar-refractivity contribution in [1.82, 2.24) is 4.98 Å². The maximum Gasteiger partial charge on any atom is 0.126 e. The molecule has 0 radical (unpaired) electrons. The van der Waals surface area contributed by atoms with Crippen LogP contribution in [-0.2, 0) is 4.57 Å². The second-order valence-electron chi connectivity index (χ2n) is 8.23. The third-order valence-corrected chi connectivity index (χ3v) is 7.83. The average Bonchev–Trinajstić information content (AvgIpc) is 2.45. The second-order valence-corrected chi connectivity index (χ2v) is 11.4. The molecule has 0 atom stereocenters. The van der Waals surface area contributed by atoms with E-state index in [4.69, 9.17) is 0 Å². The Bertz CT molecular complexity index is 581. The van der Waals surface area contributed by atoms with E-state index in [0.717, 1.165) is 47.3 Å². The Balaban J connectivity index is 1.44. The normalized spacial score (nSPS) is 36.5. The van der Waals surface area contributed by atoms with Gasteiger partial charge in [0, 0.05) is 18.0 Å². The minimum Gasteiger partial charge on any atom is -0.370 e. The summed E-state index contributed by atoms with van der Waals surface area (Å²) in [7, 11) is -2.20. The highest BCUT2D eigenvalue weighted by atomic mass is 31.2. The molecule has 4 saturated carbocycles. The fourth-order valence-electron chi connectivity index (χ4n) is 5.44. The van der Waals surface area contributed by atoms with Gasteiger partial charge >= 0.3 is 0 Å². The molecule has 1 aromatic rings. The van der Waals surface area contributed by atoms with E-state index in [2.05, 4.69) is 10.3 Å². The zero-order chi connectivity index (χ0) is 15.3. The van der Waals surface area contributed by atoms with E-state index in [0.29, 0.717) is 0 Å². The number of nitrogens with zero attached hydrogens (tertiary/aromatic N) is 1. The van der Waals surface area contributed by atoms with Gasteiger partial charge in [-0.15, -0.1) is 0 Å². The van der Waals surface area contributed by atoms with Gasteiger partial charge in [-0.05, 0) is 87.2 Å². The summed E-state index contributed by atoms with van der Waals surface area (Å²) >= 11 is 0. The van der Waals surface area contributed by atoms with E-state index in [-0.39, 0.29) is 0 Å². The smallest absolute Gasteiger partial charge is 0.126 e. The summed E-state index contributed by atoms with van der Waals surface area (Å²) in [6, 6.07) is 3.87. The lowest BCUT2D eigenvalue weighted by atomic mass is 9.52. The fraction of sp³-hybridized carbons (Fsp3) is 0.722. The highest BCUT2D eigenvalue weighted by molar-refractivity contribution is 7.70. The van der Waals surface area contributed by atoms with Crippen molar-refractivity contribution < 1.29 is 4.57 Å². The first-order valence-corrected chi connectivity index (χ1v) is 11.3. The molecule has 22 heavy (non-hydrogen) atoms. The van der Waals surface area contributed by atoms with Gasteiger partial charge in [0.2, 0.25) is 0 Å². The Morgan fingerprint density at radius 3 is 2.36 bits per heavy atom. The van der Waals surface area contributed by atoms with E-state index in [1.54, 1.807) is 6.20 Å². The molecule has 4 aliphatic rings. The van der Waals surface area contributed by atoms with Crippen molar-refractivity contribution >= 4 is 18.3 Å². The summed E-state index contributed by atoms with van der Waals surface area (Å²) < 4.78 is 12.2. The molecular formula is C18H27N2OP. The van der Waals surface area contributed by atoms with Crippen LogP contribution in [0, 0.1) is 29.6 Å². The highest BCUT2D eigenvalue weighted by Crippen LogP contribution is 2.56. The van der Waals surface area contributed by atoms with Crippen LogP contribution < -0.4 is 10.6 Å². The monoisotopic (exact) mass is 318 g/mol. The molecular weight excluding hydrogens is 291 g/mol. The van der Waals surface area contributed by atoms with Gasteiger partial charge in [0.25, 0.3) is 0 Å². The number of hydrogen-bond donors (Lipinski definition) is 1. The van der Waals surface area contributed by atoms with Gasteiger partial charge in [-0.3, -0.25) is 0 Å². The molecule has 5 rings (SSSR count). The molecule has 1 aromatic heterocycles. The Hall–Kier alpha value is -0.820. The average molecular weight is 318 g/mol. The van der Waals surface area contributed by atoms with Crippen molar-refractivity contribution in [3.05, 3.63) is 18.3 Å². The number of rotatable bonds is 4. The predicted octanol–water partition coefficient (Wildman–Crippen LogP) is 3.81. The lowest BCUT2D eigenvalue weighted by Gasteiger charge is -2.54. The summed E-state index contributed by atoms with van der Waals surface area (Å²) in [6.45, 7) is 4.69. The van der Waals surface area contributed by atoms with Gasteiger partial charge in [-0.2, -0.15) is 0 Å². The molecule has 0 spiro atoms. The molecule has 4 bridgehead atoms. The molecule has 1 heterocycles. The molecule has 4 heteroatoms. The summed E-state index contributed by atoms with van der Waals surface area (Å²) in [4.78, 5) is 4.42. The molecule has 0 aromatic carbocycles. The Labute approximate surface area is 133 Å². The quantitative estimate of drug-likeness (QED) is 0.858. The van der Waals surface area contributed by atoms with Crippen molar-refractivity contribution in [3.8, 4) is 0 Å². The molecule has 0 unspecified atom stereocenters. The summed E-state index contributed by atoms with van der Waals surface area (Å²) in [5.41, 5.74) is 0. The maximum atomic E-state index is 12.2. The highest BCUT2D eigenvalue weighted by Gasteiger charge is 2.47. The van der Waals surface area contributed by atoms with Crippen molar-refractivity contribution in [2.24, 2.45) is 29.6 Å². The SMILES string of the molecule is CP(C)(=O)c1ccnc(NCC2C3CC4CC(C3)CC2C4)c1. The lowest BCUT2D eigenvalue weighted by molar-refractivity contribution is -0.0305. The molecule has 3 nitrogen and oxygen atoms in total. The van der Waals surface area contributed by atoms with Crippen LogP contribution in [0.3, 0.4) is 0 Å². The molecule has 4 aliphatic carbocycles. The lowest BCUT2D eigenvalue weighted by Crippen LogP contribution is -2.47. The van der Waals surface area contributed by atoms with Crippen molar-refractivity contribution in [1.29, 1.82) is 0 Å². The van der Waals surface area contributed by atoms with E-state index in [1.165, 1.54) is 32.1 Å². The molecule has 0 saturated heterocycles. The van der Waals surface area contributed by atoms with Gasteiger partial charge in [0.1, 0.15) is 13.0 Å². The molecule has 0 aliphatic heterocycles. The molecule has 0 amide bonds. The van der Waals surface area contributed by atoms with Crippen molar-refractivity contribution in [2.75, 3.05) is 25.2 Å². The van der Waals surface area contributed by atoms with Gasteiger partial charge in [0.05, 0.1) is 0 Å². The van der Waals surface area contributed by atoms with E-state index in [1.807, 2.05) is 25.5 Å². The number of nitrogens with one attached hydrogen (secondary N) is 1. The van der Waals surface area contributed by atoms with Crippen LogP contribution in [0.2, 0.25) is 0 Å². The van der Waals surface area contributed by atoms with Crippen LogP contribution in [0.15, 0.2) is 18.3 Å². The Morgan fingerprint density at radius 2 is 1.77 bits per heavy atom. The van der Waals surface area contributed by atoms with Gasteiger partial charge in [0.15, 0.2) is 0 Å². The van der Waals surface area contributed by atoms with Crippen LogP contribution >= 0.6 is 7.14 Å². The van der Waals surface area contributed by atoms with E-state index < -0.39 is 7.14 Å². The third kappa shape index (κ3) is 2.73. The van der Waals surface area contributed by atoms with Crippen LogP contribution in [-0.4, -0.2) is 24.9 Å². The minimum atomic E-state index is -2.20. The summed E-state index contributed by atoms with van der Waals surface area (Å²) in [6.07, 6.45) is 9.16. The predicted molar refractivity (Wildman–Crippen MR) is 92.4 cm³/mol. The number of anilines is 1. The zero-order valence-electron chi connectivity index (χ0n) is 13.7. The maximum absolute atomic E-state index is 12.2. The number of pyridine rings is 1. The standard InChI is InChI=1S/C18H27N2OP/c1-22(2,21)16-3-4-19-18(10-16)20-11-17-14-6-12-5-13(8-14)9-15(17)7-12/h3-4,10,12-15,17H,5-9,11H2,1-2H3,(H,19,20). The fourth-order valence-corrected chi connectivity index (χ4v) is 6.30. The van der Waals surface area contributed by atoms with Gasteiger partial charge in [-0.25, -0.2) is 4.98 Å². The van der Waals surface area contributed by atoms with Gasteiger partial charge in [-0.1, -0.05) is 0 Å². The largest absolute Gasteiger partial charge is 0.370 e. The topological polar surface area (TPSA) is 42.0 Å². The van der Waals surface area contributed by atoms with Crippen LogP contribution in [0.25, 0.3) is 0 Å². The van der Waals surface area contributed by atoms with E-state index in [9.17, 15) is 4.57 Å². The first-order valence-electron chi connectivity index (χ1n) is 8.74. The molecule has 1 N–H and O–H groups in total. The number of hydrogen-bond acceptors (Lipinski definition) is 3.